The number of carbonyl (C=O) groups excluding carboxylic acids is 1. The van der Waals surface area contributed by atoms with Crippen LogP contribution < -0.4 is 5.32 Å². The van der Waals surface area contributed by atoms with Crippen molar-refractivity contribution < 1.29 is 13.2 Å². The summed E-state index contributed by atoms with van der Waals surface area (Å²) in [6.45, 7) is -0.0112. The van der Waals surface area contributed by atoms with E-state index in [-0.39, 0.29) is 16.7 Å². The van der Waals surface area contributed by atoms with E-state index in [1.807, 2.05) is 0 Å². The standard InChI is InChI=1S/C16H14N2O3S3/c19-16(13-5-2-8-22-13)18-11-14(12-4-1-7-17-10-12)24(20,21)15-6-3-9-23-15/h1-10,14H,11H2,(H,18,19)/t14-/m1/s1. The lowest BCUT2D eigenvalue weighted by Crippen LogP contribution is -2.31. The zero-order valence-corrected chi connectivity index (χ0v) is 14.9. The van der Waals surface area contributed by atoms with Gasteiger partial charge in [-0.15, -0.1) is 22.7 Å². The Labute approximate surface area is 147 Å². The minimum Gasteiger partial charge on any atom is -0.350 e. The maximum Gasteiger partial charge on any atom is 0.261 e. The molecule has 0 bridgehead atoms. The third-order valence-corrected chi connectivity index (χ3v) is 7.80. The van der Waals surface area contributed by atoms with Crippen LogP contribution in [0.1, 0.15) is 20.5 Å². The van der Waals surface area contributed by atoms with Crippen LogP contribution >= 0.6 is 22.7 Å². The molecule has 24 heavy (non-hydrogen) atoms. The number of nitrogens with one attached hydrogen (secondary N) is 1. The van der Waals surface area contributed by atoms with Gasteiger partial charge in [-0.25, -0.2) is 8.42 Å². The molecule has 0 aliphatic heterocycles. The van der Waals surface area contributed by atoms with Gasteiger partial charge in [-0.3, -0.25) is 9.78 Å². The van der Waals surface area contributed by atoms with E-state index in [0.29, 0.717) is 10.4 Å². The molecule has 3 heterocycles. The summed E-state index contributed by atoms with van der Waals surface area (Å²) in [6.07, 6.45) is 3.11. The smallest absolute Gasteiger partial charge is 0.261 e. The lowest BCUT2D eigenvalue weighted by atomic mass is 10.2. The summed E-state index contributed by atoms with van der Waals surface area (Å²) < 4.78 is 26.1. The molecule has 0 fully saturated rings. The van der Waals surface area contributed by atoms with Gasteiger partial charge in [0.25, 0.3) is 5.91 Å². The number of carbonyl (C=O) groups is 1. The molecular formula is C16H14N2O3S3. The van der Waals surface area contributed by atoms with Crippen LogP contribution in [-0.2, 0) is 9.84 Å². The molecule has 5 nitrogen and oxygen atoms in total. The first-order valence-corrected chi connectivity index (χ1v) is 10.4. The Hall–Kier alpha value is -2.03. The maximum absolute atomic E-state index is 12.9. The molecule has 1 atom stereocenters. The van der Waals surface area contributed by atoms with Crippen molar-refractivity contribution in [2.45, 2.75) is 9.46 Å². The van der Waals surface area contributed by atoms with Crippen LogP contribution in [0.15, 0.2) is 63.8 Å². The molecular weight excluding hydrogens is 364 g/mol. The summed E-state index contributed by atoms with van der Waals surface area (Å²) in [7, 11) is -3.61. The number of rotatable bonds is 6. The van der Waals surface area contributed by atoms with Gasteiger partial charge in [0.05, 0.1) is 4.88 Å². The van der Waals surface area contributed by atoms with E-state index in [9.17, 15) is 13.2 Å². The van der Waals surface area contributed by atoms with E-state index in [4.69, 9.17) is 0 Å². The molecule has 3 aromatic rings. The number of amides is 1. The Morgan fingerprint density at radius 3 is 2.54 bits per heavy atom. The first-order chi connectivity index (χ1) is 11.6. The van der Waals surface area contributed by atoms with Crippen molar-refractivity contribution in [3.05, 3.63) is 70.0 Å². The van der Waals surface area contributed by atoms with Crippen molar-refractivity contribution in [3.8, 4) is 0 Å². The summed E-state index contributed by atoms with van der Waals surface area (Å²) in [5.41, 5.74) is 0.553. The van der Waals surface area contributed by atoms with Crippen molar-refractivity contribution in [2.24, 2.45) is 0 Å². The van der Waals surface area contributed by atoms with Crippen LogP contribution in [0, 0.1) is 0 Å². The van der Waals surface area contributed by atoms with Crippen molar-refractivity contribution in [3.63, 3.8) is 0 Å². The summed E-state index contributed by atoms with van der Waals surface area (Å²) in [6, 6.07) is 10.1. The number of sulfone groups is 1. The van der Waals surface area contributed by atoms with Crippen LogP contribution in [0.5, 0.6) is 0 Å². The molecule has 3 aromatic heterocycles. The van der Waals surface area contributed by atoms with E-state index in [1.165, 1.54) is 28.9 Å². The van der Waals surface area contributed by atoms with Crippen LogP contribution in [0.25, 0.3) is 0 Å². The van der Waals surface area contributed by atoms with E-state index >= 15 is 0 Å². The molecule has 0 radical (unpaired) electrons. The highest BCUT2D eigenvalue weighted by molar-refractivity contribution is 7.93. The Bertz CT molecular complexity index is 889. The van der Waals surface area contributed by atoms with E-state index in [2.05, 4.69) is 10.3 Å². The van der Waals surface area contributed by atoms with Gasteiger partial charge in [0.1, 0.15) is 9.46 Å². The minimum atomic E-state index is -3.61. The second-order valence-electron chi connectivity index (χ2n) is 4.94. The fourth-order valence-electron chi connectivity index (χ4n) is 2.22. The second-order valence-corrected chi connectivity index (χ2v) is 9.19. The molecule has 0 saturated heterocycles. The molecule has 0 spiro atoms. The largest absolute Gasteiger partial charge is 0.350 e. The number of aromatic nitrogens is 1. The molecule has 3 rings (SSSR count). The molecule has 0 aromatic carbocycles. The van der Waals surface area contributed by atoms with Gasteiger partial charge in [0.2, 0.25) is 0 Å². The van der Waals surface area contributed by atoms with Crippen molar-refractivity contribution in [1.29, 1.82) is 0 Å². The van der Waals surface area contributed by atoms with Gasteiger partial charge in [0.15, 0.2) is 9.84 Å². The number of nitrogens with zero attached hydrogens (tertiary/aromatic N) is 1. The average Bonchev–Trinajstić information content (AvgIpc) is 3.29. The maximum atomic E-state index is 12.9. The SMILES string of the molecule is O=C(NC[C@H](c1cccnc1)S(=O)(=O)c1cccs1)c1cccs1. The summed E-state index contributed by atoms with van der Waals surface area (Å²) in [5.74, 6) is -0.278. The Morgan fingerprint density at radius 2 is 1.92 bits per heavy atom. The van der Waals surface area contributed by atoms with Gasteiger partial charge in [0, 0.05) is 18.9 Å². The van der Waals surface area contributed by atoms with Gasteiger partial charge < -0.3 is 5.32 Å². The van der Waals surface area contributed by atoms with Gasteiger partial charge in [-0.05, 0) is 34.5 Å². The predicted molar refractivity (Wildman–Crippen MR) is 95.1 cm³/mol. The van der Waals surface area contributed by atoms with Gasteiger partial charge >= 0.3 is 0 Å². The quantitative estimate of drug-likeness (QED) is 0.715. The molecule has 1 amide bonds. The number of pyridine rings is 1. The van der Waals surface area contributed by atoms with Crippen LogP contribution in [0.4, 0.5) is 0 Å². The van der Waals surface area contributed by atoms with Crippen molar-refractivity contribution >= 4 is 38.4 Å². The number of hydrogen-bond donors (Lipinski definition) is 1. The Morgan fingerprint density at radius 1 is 1.12 bits per heavy atom. The number of thiophene rings is 2. The Kier molecular flexibility index (Phi) is 5.08. The minimum absolute atomic E-state index is 0.0112. The fourth-order valence-corrected chi connectivity index (χ4v) is 5.71. The molecule has 8 heteroatoms. The molecule has 0 unspecified atom stereocenters. The van der Waals surface area contributed by atoms with Crippen LogP contribution in [-0.4, -0.2) is 25.9 Å². The van der Waals surface area contributed by atoms with Crippen molar-refractivity contribution in [2.75, 3.05) is 6.54 Å². The second kappa shape index (κ2) is 7.25. The lowest BCUT2D eigenvalue weighted by molar-refractivity contribution is 0.0957. The topological polar surface area (TPSA) is 76.1 Å². The normalized spacial score (nSPS) is 12.7. The molecule has 124 valence electrons. The lowest BCUT2D eigenvalue weighted by Gasteiger charge is -2.17. The van der Waals surface area contributed by atoms with Crippen LogP contribution in [0.2, 0.25) is 0 Å². The highest BCUT2D eigenvalue weighted by Crippen LogP contribution is 2.30. The first kappa shape index (κ1) is 16.8. The van der Waals surface area contributed by atoms with Gasteiger partial charge in [-0.2, -0.15) is 0 Å². The molecule has 0 aliphatic rings. The first-order valence-electron chi connectivity index (χ1n) is 7.08. The molecule has 0 saturated carbocycles. The Balaban J connectivity index is 1.87. The predicted octanol–water partition coefficient (Wildman–Crippen LogP) is 3.15. The molecule has 0 aliphatic carbocycles. The van der Waals surface area contributed by atoms with Crippen LogP contribution in [0.3, 0.4) is 0 Å². The monoisotopic (exact) mass is 378 g/mol. The zero-order valence-electron chi connectivity index (χ0n) is 12.5. The van der Waals surface area contributed by atoms with E-state index in [0.717, 1.165) is 0 Å². The zero-order chi connectivity index (χ0) is 17.0. The number of hydrogen-bond acceptors (Lipinski definition) is 6. The van der Waals surface area contributed by atoms with E-state index < -0.39 is 15.1 Å². The van der Waals surface area contributed by atoms with Gasteiger partial charge in [-0.1, -0.05) is 18.2 Å². The highest BCUT2D eigenvalue weighted by Gasteiger charge is 2.30. The summed E-state index contributed by atoms with van der Waals surface area (Å²) in [5, 5.41) is 5.36. The van der Waals surface area contributed by atoms with Crippen molar-refractivity contribution in [1.82, 2.24) is 10.3 Å². The fraction of sp³-hybridized carbons (Fsp3) is 0.125. The highest BCUT2D eigenvalue weighted by atomic mass is 32.2. The average molecular weight is 378 g/mol. The molecule has 1 N–H and O–H groups in total. The third kappa shape index (κ3) is 3.55. The third-order valence-electron chi connectivity index (χ3n) is 3.40. The summed E-state index contributed by atoms with van der Waals surface area (Å²) >= 11 is 2.48. The van der Waals surface area contributed by atoms with E-state index in [1.54, 1.807) is 53.4 Å². The summed E-state index contributed by atoms with van der Waals surface area (Å²) in [4.78, 5) is 16.7.